The minimum Gasteiger partial charge on any atom is -0.383 e. The van der Waals surface area contributed by atoms with Gasteiger partial charge in [-0.05, 0) is 18.9 Å². The number of hydrogen-bond donors (Lipinski definition) is 1. The summed E-state index contributed by atoms with van der Waals surface area (Å²) in [6.07, 6.45) is 2.88. The summed E-state index contributed by atoms with van der Waals surface area (Å²) in [6, 6.07) is 2.08. The van der Waals surface area contributed by atoms with Crippen molar-refractivity contribution in [1.29, 1.82) is 0 Å². The first kappa shape index (κ1) is 13.2. The van der Waals surface area contributed by atoms with Gasteiger partial charge in [-0.3, -0.25) is 0 Å². The second-order valence-corrected chi connectivity index (χ2v) is 5.38. The number of nitrogens with zero attached hydrogens (tertiary/aromatic N) is 2. The predicted octanol–water partition coefficient (Wildman–Crippen LogP) is 3.32. The van der Waals surface area contributed by atoms with Crippen LogP contribution in [0.4, 0.5) is 5.82 Å². The Morgan fingerprint density at radius 3 is 2.78 bits per heavy atom. The number of anilines is 1. The Morgan fingerprint density at radius 2 is 2.17 bits per heavy atom. The van der Waals surface area contributed by atoms with E-state index in [1.807, 2.05) is 0 Å². The molecule has 0 aliphatic heterocycles. The average Bonchev–Trinajstić information content (AvgIpc) is 2.79. The topological polar surface area (TPSA) is 61.0 Å². The largest absolute Gasteiger partial charge is 0.383 e. The molecule has 0 aliphatic carbocycles. The molecule has 2 N–H and O–H groups in total. The molecule has 0 bridgehead atoms. The van der Waals surface area contributed by atoms with E-state index in [-0.39, 0.29) is 6.10 Å². The van der Waals surface area contributed by atoms with Gasteiger partial charge in [-0.1, -0.05) is 20.3 Å². The molecule has 0 radical (unpaired) electrons. The molecule has 0 spiro atoms. The number of aromatic nitrogens is 2. The van der Waals surface area contributed by atoms with E-state index in [0.29, 0.717) is 11.6 Å². The van der Waals surface area contributed by atoms with Crippen LogP contribution in [0.3, 0.4) is 0 Å². The van der Waals surface area contributed by atoms with Gasteiger partial charge < -0.3 is 10.5 Å². The monoisotopic (exact) mass is 265 g/mol. The first-order valence-electron chi connectivity index (χ1n) is 6.28. The second-order valence-electron chi connectivity index (χ2n) is 4.27. The van der Waals surface area contributed by atoms with Gasteiger partial charge in [0.1, 0.15) is 16.8 Å². The van der Waals surface area contributed by atoms with E-state index in [4.69, 9.17) is 10.5 Å². The zero-order chi connectivity index (χ0) is 13.1. The highest BCUT2D eigenvalue weighted by Crippen LogP contribution is 2.30. The molecule has 0 fully saturated rings. The Balaban J connectivity index is 2.46. The SMILES string of the molecule is CCCC(OC)c1nc(N)c2cc(CC)sc2n1. The van der Waals surface area contributed by atoms with Crippen molar-refractivity contribution in [2.24, 2.45) is 0 Å². The highest BCUT2D eigenvalue weighted by Gasteiger charge is 2.16. The molecule has 1 atom stereocenters. The maximum Gasteiger partial charge on any atom is 0.161 e. The molecule has 2 aromatic rings. The van der Waals surface area contributed by atoms with E-state index in [9.17, 15) is 0 Å². The van der Waals surface area contributed by atoms with Gasteiger partial charge in [0.2, 0.25) is 0 Å². The zero-order valence-corrected chi connectivity index (χ0v) is 11.9. The normalized spacial score (nSPS) is 13.1. The molecule has 0 aliphatic rings. The fraction of sp³-hybridized carbons (Fsp3) is 0.538. The predicted molar refractivity (Wildman–Crippen MR) is 75.9 cm³/mol. The molecule has 0 saturated carbocycles. The Morgan fingerprint density at radius 1 is 1.39 bits per heavy atom. The van der Waals surface area contributed by atoms with Crippen molar-refractivity contribution < 1.29 is 4.74 Å². The summed E-state index contributed by atoms with van der Waals surface area (Å²) in [4.78, 5) is 11.2. The molecule has 4 nitrogen and oxygen atoms in total. The van der Waals surface area contributed by atoms with Crippen molar-refractivity contribution in [2.75, 3.05) is 12.8 Å². The first-order valence-corrected chi connectivity index (χ1v) is 7.09. The van der Waals surface area contributed by atoms with Crippen LogP contribution >= 0.6 is 11.3 Å². The summed E-state index contributed by atoms with van der Waals surface area (Å²) in [5.74, 6) is 1.26. The Hall–Kier alpha value is -1.20. The highest BCUT2D eigenvalue weighted by atomic mass is 32.1. The van der Waals surface area contributed by atoms with Gasteiger partial charge in [-0.25, -0.2) is 9.97 Å². The van der Waals surface area contributed by atoms with Crippen molar-refractivity contribution in [3.05, 3.63) is 16.8 Å². The van der Waals surface area contributed by atoms with Crippen LogP contribution in [0.25, 0.3) is 10.2 Å². The van der Waals surface area contributed by atoms with E-state index < -0.39 is 0 Å². The molecule has 98 valence electrons. The standard InChI is InChI=1S/C13H19N3OS/c1-4-6-10(17-3)12-15-11(14)9-7-8(5-2)18-13(9)16-12/h7,10H,4-6H2,1-3H3,(H2,14,15,16). The zero-order valence-electron chi connectivity index (χ0n) is 11.1. The number of thiophene rings is 1. The lowest BCUT2D eigenvalue weighted by molar-refractivity contribution is 0.0881. The molecule has 18 heavy (non-hydrogen) atoms. The fourth-order valence-corrected chi connectivity index (χ4v) is 2.93. The summed E-state index contributed by atoms with van der Waals surface area (Å²) >= 11 is 1.68. The van der Waals surface area contributed by atoms with Crippen LogP contribution in [0.15, 0.2) is 6.07 Å². The fourth-order valence-electron chi connectivity index (χ4n) is 1.94. The highest BCUT2D eigenvalue weighted by molar-refractivity contribution is 7.18. The van der Waals surface area contributed by atoms with E-state index in [1.165, 1.54) is 4.88 Å². The van der Waals surface area contributed by atoms with Crippen LogP contribution in [0.2, 0.25) is 0 Å². The third kappa shape index (κ3) is 2.47. The molecular formula is C13H19N3OS. The number of aryl methyl sites for hydroxylation is 1. The third-order valence-electron chi connectivity index (χ3n) is 2.96. The second kappa shape index (κ2) is 5.63. The van der Waals surface area contributed by atoms with E-state index in [0.717, 1.165) is 29.5 Å². The first-order chi connectivity index (χ1) is 8.69. The van der Waals surface area contributed by atoms with Crippen LogP contribution < -0.4 is 5.73 Å². The maximum absolute atomic E-state index is 6.01. The molecule has 0 aromatic carbocycles. The smallest absolute Gasteiger partial charge is 0.161 e. The third-order valence-corrected chi connectivity index (χ3v) is 4.14. The van der Waals surface area contributed by atoms with Crippen molar-refractivity contribution >= 4 is 27.4 Å². The summed E-state index contributed by atoms with van der Waals surface area (Å²) in [7, 11) is 1.69. The lowest BCUT2D eigenvalue weighted by Gasteiger charge is -2.13. The number of rotatable bonds is 5. The van der Waals surface area contributed by atoms with Crippen molar-refractivity contribution in [3.8, 4) is 0 Å². The maximum atomic E-state index is 6.01. The van der Waals surface area contributed by atoms with Gasteiger partial charge in [0, 0.05) is 12.0 Å². The van der Waals surface area contributed by atoms with Gasteiger partial charge in [-0.2, -0.15) is 0 Å². The molecule has 2 aromatic heterocycles. The summed E-state index contributed by atoms with van der Waals surface area (Å²) in [5.41, 5.74) is 6.01. The molecule has 0 saturated heterocycles. The number of methoxy groups -OCH3 is 1. The Labute approximate surface area is 111 Å². The lowest BCUT2D eigenvalue weighted by atomic mass is 10.2. The van der Waals surface area contributed by atoms with Crippen LogP contribution in [0.5, 0.6) is 0 Å². The van der Waals surface area contributed by atoms with Gasteiger partial charge >= 0.3 is 0 Å². The molecule has 0 amide bonds. The van der Waals surface area contributed by atoms with Gasteiger partial charge in [-0.15, -0.1) is 11.3 Å². The number of nitrogen functional groups attached to an aromatic ring is 1. The molecular weight excluding hydrogens is 246 g/mol. The van der Waals surface area contributed by atoms with E-state index in [2.05, 4.69) is 29.9 Å². The van der Waals surface area contributed by atoms with Crippen LogP contribution in [-0.2, 0) is 11.2 Å². The van der Waals surface area contributed by atoms with Crippen molar-refractivity contribution in [1.82, 2.24) is 9.97 Å². The number of ether oxygens (including phenoxy) is 1. The van der Waals surface area contributed by atoms with E-state index >= 15 is 0 Å². The Bertz CT molecular complexity index is 538. The Kier molecular flexibility index (Phi) is 4.14. The molecule has 1 unspecified atom stereocenters. The van der Waals surface area contributed by atoms with Gasteiger partial charge in [0.25, 0.3) is 0 Å². The minimum absolute atomic E-state index is 0.0612. The minimum atomic E-state index is -0.0612. The summed E-state index contributed by atoms with van der Waals surface area (Å²) in [5, 5.41) is 0.965. The van der Waals surface area contributed by atoms with Crippen LogP contribution in [0, 0.1) is 0 Å². The molecule has 2 rings (SSSR count). The van der Waals surface area contributed by atoms with Crippen LogP contribution in [-0.4, -0.2) is 17.1 Å². The summed E-state index contributed by atoms with van der Waals surface area (Å²) in [6.45, 7) is 4.25. The quantitative estimate of drug-likeness (QED) is 0.900. The molecule has 2 heterocycles. The number of hydrogen-bond acceptors (Lipinski definition) is 5. The molecule has 5 heteroatoms. The van der Waals surface area contributed by atoms with Crippen LogP contribution in [0.1, 0.15) is 43.5 Å². The number of fused-ring (bicyclic) bond motifs is 1. The number of nitrogens with two attached hydrogens (primary N) is 1. The average molecular weight is 265 g/mol. The van der Waals surface area contributed by atoms with Crippen molar-refractivity contribution in [3.63, 3.8) is 0 Å². The van der Waals surface area contributed by atoms with Crippen molar-refractivity contribution in [2.45, 2.75) is 39.2 Å². The lowest BCUT2D eigenvalue weighted by Crippen LogP contribution is -2.08. The summed E-state index contributed by atoms with van der Waals surface area (Å²) < 4.78 is 5.44. The van der Waals surface area contributed by atoms with E-state index in [1.54, 1.807) is 18.4 Å². The van der Waals surface area contributed by atoms with Gasteiger partial charge in [0.15, 0.2) is 5.82 Å². The van der Waals surface area contributed by atoms with Gasteiger partial charge in [0.05, 0.1) is 5.39 Å².